The van der Waals surface area contributed by atoms with Crippen LogP contribution in [0.4, 0.5) is 0 Å². The lowest BCUT2D eigenvalue weighted by Crippen LogP contribution is -2.14. The van der Waals surface area contributed by atoms with Gasteiger partial charge in [0, 0.05) is 4.90 Å². The van der Waals surface area contributed by atoms with Gasteiger partial charge in [-0.25, -0.2) is 0 Å². The molecule has 0 fully saturated rings. The first-order chi connectivity index (χ1) is 5.61. The highest BCUT2D eigenvalue weighted by atomic mass is 32.1. The maximum atomic E-state index is 5.60. The van der Waals surface area contributed by atoms with Crippen LogP contribution in [0.5, 0.6) is 5.75 Å². The van der Waals surface area contributed by atoms with Crippen LogP contribution in [-0.2, 0) is 0 Å². The standard InChI is InChI=1S/C9H13BOS/c1-6(2)11-9-7(10)4-3-5-8(9)12/h3-6,12H,10H2,1-2H3. The van der Waals surface area contributed by atoms with Gasteiger partial charge in [0.15, 0.2) is 0 Å². The molecule has 1 rings (SSSR count). The summed E-state index contributed by atoms with van der Waals surface area (Å²) in [5.41, 5.74) is 1.14. The largest absolute Gasteiger partial charge is 0.490 e. The summed E-state index contributed by atoms with van der Waals surface area (Å²) >= 11 is 4.32. The van der Waals surface area contributed by atoms with E-state index in [9.17, 15) is 0 Å². The van der Waals surface area contributed by atoms with Crippen molar-refractivity contribution in [3.8, 4) is 5.75 Å². The summed E-state index contributed by atoms with van der Waals surface area (Å²) in [7, 11) is 2.03. The quantitative estimate of drug-likeness (QED) is 0.528. The van der Waals surface area contributed by atoms with Gasteiger partial charge in [0.1, 0.15) is 13.6 Å². The number of rotatable bonds is 2. The molecule has 0 amide bonds. The highest BCUT2D eigenvalue weighted by Gasteiger charge is 2.04. The molecule has 3 heteroatoms. The summed E-state index contributed by atoms with van der Waals surface area (Å²) in [6.07, 6.45) is 0.206. The van der Waals surface area contributed by atoms with Gasteiger partial charge >= 0.3 is 0 Å². The Hall–Kier alpha value is -0.565. The molecule has 0 aliphatic rings. The third kappa shape index (κ3) is 2.21. The third-order valence-electron chi connectivity index (χ3n) is 1.54. The van der Waals surface area contributed by atoms with E-state index >= 15 is 0 Å². The van der Waals surface area contributed by atoms with E-state index < -0.39 is 0 Å². The number of thiol groups is 1. The molecule has 0 N–H and O–H groups in total. The first kappa shape index (κ1) is 9.52. The van der Waals surface area contributed by atoms with Crippen molar-refractivity contribution >= 4 is 25.9 Å². The molecule has 1 aromatic rings. The van der Waals surface area contributed by atoms with Gasteiger partial charge in [0.25, 0.3) is 0 Å². The SMILES string of the molecule is Bc1cccc(S)c1OC(C)C. The van der Waals surface area contributed by atoms with Gasteiger partial charge in [-0.1, -0.05) is 12.1 Å². The number of benzene rings is 1. The molecule has 0 aliphatic heterocycles. The molecule has 0 aromatic heterocycles. The Morgan fingerprint density at radius 2 is 2.08 bits per heavy atom. The Morgan fingerprint density at radius 3 is 2.58 bits per heavy atom. The van der Waals surface area contributed by atoms with Crippen molar-refractivity contribution in [3.05, 3.63) is 18.2 Å². The molecular formula is C9H13BOS. The summed E-state index contributed by atoms with van der Waals surface area (Å²) in [5, 5.41) is 0. The highest BCUT2D eigenvalue weighted by Crippen LogP contribution is 2.19. The molecule has 0 heterocycles. The normalized spacial score (nSPS) is 10.3. The van der Waals surface area contributed by atoms with Crippen LogP contribution >= 0.6 is 12.6 Å². The minimum Gasteiger partial charge on any atom is -0.490 e. The van der Waals surface area contributed by atoms with Gasteiger partial charge < -0.3 is 4.74 Å². The summed E-state index contributed by atoms with van der Waals surface area (Å²) in [5.74, 6) is 0.899. The number of hydrogen-bond donors (Lipinski definition) is 1. The Kier molecular flexibility index (Phi) is 3.09. The maximum Gasteiger partial charge on any atom is 0.144 e. The van der Waals surface area contributed by atoms with Gasteiger partial charge in [-0.3, -0.25) is 0 Å². The highest BCUT2D eigenvalue weighted by molar-refractivity contribution is 7.80. The molecule has 0 saturated carbocycles. The fraction of sp³-hybridized carbons (Fsp3) is 0.333. The average molecular weight is 180 g/mol. The lowest BCUT2D eigenvalue weighted by molar-refractivity contribution is 0.239. The molecule has 0 aliphatic carbocycles. The van der Waals surface area contributed by atoms with Crippen molar-refractivity contribution in [2.45, 2.75) is 24.8 Å². The average Bonchev–Trinajstić information content (AvgIpc) is 1.97. The van der Waals surface area contributed by atoms with Gasteiger partial charge in [-0.2, -0.15) is 0 Å². The Morgan fingerprint density at radius 1 is 1.42 bits per heavy atom. The first-order valence-electron chi connectivity index (χ1n) is 4.06. The second kappa shape index (κ2) is 3.90. The third-order valence-corrected chi connectivity index (χ3v) is 1.90. The molecule has 64 valence electrons. The van der Waals surface area contributed by atoms with E-state index in [0.29, 0.717) is 0 Å². The lowest BCUT2D eigenvalue weighted by atomic mass is 9.95. The van der Waals surface area contributed by atoms with Crippen LogP contribution in [0, 0.1) is 0 Å². The topological polar surface area (TPSA) is 9.23 Å². The predicted molar refractivity (Wildman–Crippen MR) is 57.6 cm³/mol. The van der Waals surface area contributed by atoms with Crippen molar-refractivity contribution in [2.24, 2.45) is 0 Å². The van der Waals surface area contributed by atoms with Crippen molar-refractivity contribution in [3.63, 3.8) is 0 Å². The van der Waals surface area contributed by atoms with Gasteiger partial charge in [-0.15, -0.1) is 12.6 Å². The number of para-hydroxylation sites is 1. The van der Waals surface area contributed by atoms with Gasteiger partial charge in [0.05, 0.1) is 6.10 Å². The van der Waals surface area contributed by atoms with Crippen molar-refractivity contribution in [2.75, 3.05) is 0 Å². The fourth-order valence-corrected chi connectivity index (χ4v) is 1.34. The van der Waals surface area contributed by atoms with E-state index in [0.717, 1.165) is 16.1 Å². The maximum absolute atomic E-state index is 5.60. The van der Waals surface area contributed by atoms with E-state index in [1.165, 1.54) is 0 Å². The summed E-state index contributed by atoms with van der Waals surface area (Å²) in [6, 6.07) is 5.94. The smallest absolute Gasteiger partial charge is 0.144 e. The van der Waals surface area contributed by atoms with E-state index in [-0.39, 0.29) is 6.10 Å². The zero-order valence-corrected chi connectivity index (χ0v) is 8.56. The number of ether oxygens (including phenoxy) is 1. The molecule has 0 atom stereocenters. The Bertz CT molecular complexity index is 253. The van der Waals surface area contributed by atoms with Crippen molar-refractivity contribution in [1.82, 2.24) is 0 Å². The monoisotopic (exact) mass is 180 g/mol. The van der Waals surface area contributed by atoms with Crippen LogP contribution in [0.3, 0.4) is 0 Å². The Balaban J connectivity index is 2.96. The predicted octanol–water partition coefficient (Wildman–Crippen LogP) is 1.02. The van der Waals surface area contributed by atoms with E-state index in [1.807, 2.05) is 39.9 Å². The summed E-state index contributed by atoms with van der Waals surface area (Å²) < 4.78 is 5.60. The van der Waals surface area contributed by atoms with E-state index in [2.05, 4.69) is 12.6 Å². The summed E-state index contributed by atoms with van der Waals surface area (Å²) in [4.78, 5) is 0.906. The fourth-order valence-electron chi connectivity index (χ4n) is 1.03. The van der Waals surface area contributed by atoms with Crippen molar-refractivity contribution in [1.29, 1.82) is 0 Å². The first-order valence-corrected chi connectivity index (χ1v) is 4.51. The molecule has 0 saturated heterocycles. The van der Waals surface area contributed by atoms with Crippen LogP contribution < -0.4 is 10.2 Å². The number of hydrogen-bond acceptors (Lipinski definition) is 2. The summed E-state index contributed by atoms with van der Waals surface area (Å²) in [6.45, 7) is 4.03. The molecule has 0 bridgehead atoms. The van der Waals surface area contributed by atoms with Crippen LogP contribution in [0.2, 0.25) is 0 Å². The van der Waals surface area contributed by atoms with Crippen LogP contribution in [0.15, 0.2) is 23.1 Å². The zero-order chi connectivity index (χ0) is 9.14. The molecule has 12 heavy (non-hydrogen) atoms. The van der Waals surface area contributed by atoms with Gasteiger partial charge in [-0.05, 0) is 25.4 Å². The van der Waals surface area contributed by atoms with Crippen LogP contribution in [-0.4, -0.2) is 14.0 Å². The molecule has 0 spiro atoms. The van der Waals surface area contributed by atoms with Crippen LogP contribution in [0.1, 0.15) is 13.8 Å². The van der Waals surface area contributed by atoms with Crippen LogP contribution in [0.25, 0.3) is 0 Å². The molecule has 1 nitrogen and oxygen atoms in total. The minimum atomic E-state index is 0.206. The van der Waals surface area contributed by atoms with Crippen molar-refractivity contribution < 1.29 is 4.74 Å². The molecule has 1 aromatic carbocycles. The van der Waals surface area contributed by atoms with E-state index in [4.69, 9.17) is 4.74 Å². The van der Waals surface area contributed by atoms with E-state index in [1.54, 1.807) is 0 Å². The zero-order valence-electron chi connectivity index (χ0n) is 7.66. The lowest BCUT2D eigenvalue weighted by Gasteiger charge is -2.14. The second-order valence-electron chi connectivity index (χ2n) is 3.09. The molecule has 0 radical (unpaired) electrons. The van der Waals surface area contributed by atoms with Gasteiger partial charge in [0.2, 0.25) is 0 Å². The molecular weight excluding hydrogens is 167 g/mol. The molecule has 0 unspecified atom stereocenters. The minimum absolute atomic E-state index is 0.206. The Labute approximate surface area is 79.9 Å². The second-order valence-corrected chi connectivity index (χ2v) is 3.57.